The minimum absolute atomic E-state index is 0.00885. The van der Waals surface area contributed by atoms with Crippen molar-refractivity contribution in [1.82, 2.24) is 14.9 Å². The fraction of sp³-hybridized carbons (Fsp3) is 0.435. The number of nitrogens with one attached hydrogen (secondary N) is 1. The number of ether oxygens (including phenoxy) is 1. The Hall–Kier alpha value is -2.67. The zero-order valence-corrected chi connectivity index (χ0v) is 18.5. The van der Waals surface area contributed by atoms with E-state index in [1.807, 2.05) is 45.0 Å². The monoisotopic (exact) mass is 425 g/mol. The first kappa shape index (κ1) is 20.6. The highest BCUT2D eigenvalue weighted by molar-refractivity contribution is 7.20. The van der Waals surface area contributed by atoms with E-state index >= 15 is 0 Å². The van der Waals surface area contributed by atoms with E-state index in [9.17, 15) is 9.59 Å². The summed E-state index contributed by atoms with van der Waals surface area (Å²) in [5, 5.41) is 3.56. The highest BCUT2D eigenvalue weighted by Gasteiger charge is 2.22. The van der Waals surface area contributed by atoms with Gasteiger partial charge in [0, 0.05) is 19.5 Å². The molecule has 1 amide bonds. The van der Waals surface area contributed by atoms with Crippen LogP contribution in [0.4, 0.5) is 0 Å². The highest BCUT2D eigenvalue weighted by Crippen LogP contribution is 2.28. The Morgan fingerprint density at radius 1 is 1.23 bits per heavy atom. The van der Waals surface area contributed by atoms with Crippen LogP contribution in [0.5, 0.6) is 5.75 Å². The van der Waals surface area contributed by atoms with Crippen molar-refractivity contribution in [2.24, 2.45) is 0 Å². The van der Waals surface area contributed by atoms with Gasteiger partial charge in [0.1, 0.15) is 16.4 Å². The number of amides is 1. The number of aryl methyl sites for hydroxylation is 2. The fourth-order valence-electron chi connectivity index (χ4n) is 3.85. The van der Waals surface area contributed by atoms with Gasteiger partial charge in [-0.1, -0.05) is 18.6 Å². The van der Waals surface area contributed by atoms with Crippen LogP contribution in [0.2, 0.25) is 0 Å². The average Bonchev–Trinajstić information content (AvgIpc) is 2.88. The third-order valence-electron chi connectivity index (χ3n) is 5.37. The van der Waals surface area contributed by atoms with Crippen LogP contribution in [0.25, 0.3) is 10.2 Å². The van der Waals surface area contributed by atoms with E-state index in [4.69, 9.17) is 9.72 Å². The predicted molar refractivity (Wildman–Crippen MR) is 120 cm³/mol. The molecule has 3 aromatic rings. The van der Waals surface area contributed by atoms with Crippen molar-refractivity contribution >= 4 is 27.5 Å². The number of hydrogen-bond acceptors (Lipinski definition) is 5. The Morgan fingerprint density at radius 3 is 2.73 bits per heavy atom. The van der Waals surface area contributed by atoms with Crippen molar-refractivity contribution in [3.8, 4) is 5.75 Å². The maximum Gasteiger partial charge on any atom is 0.262 e. The van der Waals surface area contributed by atoms with Gasteiger partial charge in [-0.2, -0.15) is 0 Å². The standard InChI is InChI=1S/C23H27N3O3S/c1-14(2)29-17-10-8-16(9-11-17)13-24-21(27)20-15(3)19-22(30-20)25-18-7-5-4-6-12-26(18)23(19)28/h8-11,14H,4-7,12-13H2,1-3H3,(H,24,27). The van der Waals surface area contributed by atoms with Gasteiger partial charge in [0.05, 0.1) is 16.4 Å². The number of rotatable bonds is 5. The molecule has 0 unspecified atom stereocenters. The van der Waals surface area contributed by atoms with Crippen molar-refractivity contribution in [2.75, 3.05) is 0 Å². The summed E-state index contributed by atoms with van der Waals surface area (Å²) in [6.45, 7) is 6.95. The second kappa shape index (κ2) is 8.60. The van der Waals surface area contributed by atoms with Gasteiger partial charge < -0.3 is 10.1 Å². The van der Waals surface area contributed by atoms with Gasteiger partial charge in [0.25, 0.3) is 11.5 Å². The lowest BCUT2D eigenvalue weighted by Crippen LogP contribution is -2.25. The van der Waals surface area contributed by atoms with Gasteiger partial charge in [-0.05, 0) is 56.9 Å². The molecule has 1 aliphatic heterocycles. The lowest BCUT2D eigenvalue weighted by atomic mass is 10.2. The van der Waals surface area contributed by atoms with Crippen molar-refractivity contribution < 1.29 is 9.53 Å². The Labute approximate surface area is 179 Å². The molecule has 6 nitrogen and oxygen atoms in total. The van der Waals surface area contributed by atoms with Crippen LogP contribution in [-0.2, 0) is 19.5 Å². The summed E-state index contributed by atoms with van der Waals surface area (Å²) in [5.41, 5.74) is 1.71. The Balaban J connectivity index is 1.54. The van der Waals surface area contributed by atoms with Gasteiger partial charge in [0.15, 0.2) is 0 Å². The highest BCUT2D eigenvalue weighted by atomic mass is 32.1. The molecule has 0 saturated carbocycles. The molecule has 0 aliphatic carbocycles. The zero-order chi connectivity index (χ0) is 21.3. The van der Waals surface area contributed by atoms with Crippen LogP contribution in [0.1, 0.15) is 59.7 Å². The average molecular weight is 426 g/mol. The first-order chi connectivity index (χ1) is 14.4. The quantitative estimate of drug-likeness (QED) is 0.665. The molecule has 0 saturated heterocycles. The summed E-state index contributed by atoms with van der Waals surface area (Å²) in [6.07, 6.45) is 4.11. The van der Waals surface area contributed by atoms with Gasteiger partial charge in [-0.15, -0.1) is 11.3 Å². The molecule has 158 valence electrons. The zero-order valence-electron chi connectivity index (χ0n) is 17.7. The van der Waals surface area contributed by atoms with E-state index in [-0.39, 0.29) is 17.6 Å². The molecule has 30 heavy (non-hydrogen) atoms. The number of aromatic nitrogens is 2. The first-order valence-corrected chi connectivity index (χ1v) is 11.3. The van der Waals surface area contributed by atoms with E-state index in [0.29, 0.717) is 28.2 Å². The first-order valence-electron chi connectivity index (χ1n) is 10.5. The van der Waals surface area contributed by atoms with Crippen molar-refractivity contribution in [3.05, 3.63) is 56.4 Å². The third kappa shape index (κ3) is 4.12. The van der Waals surface area contributed by atoms with Crippen LogP contribution in [-0.4, -0.2) is 21.6 Å². The second-order valence-corrected chi connectivity index (χ2v) is 9.02. The SMILES string of the molecule is Cc1c(C(=O)NCc2ccc(OC(C)C)cc2)sc2nc3n(c(=O)c12)CCCCC3. The molecule has 4 rings (SSSR count). The Morgan fingerprint density at radius 2 is 2.00 bits per heavy atom. The van der Waals surface area contributed by atoms with Crippen LogP contribution in [0.3, 0.4) is 0 Å². The van der Waals surface area contributed by atoms with Crippen LogP contribution >= 0.6 is 11.3 Å². The topological polar surface area (TPSA) is 73.2 Å². The molecule has 0 atom stereocenters. The van der Waals surface area contributed by atoms with E-state index in [0.717, 1.165) is 48.4 Å². The molecule has 1 aliphatic rings. The summed E-state index contributed by atoms with van der Waals surface area (Å²) < 4.78 is 7.45. The number of hydrogen-bond donors (Lipinski definition) is 1. The second-order valence-electron chi connectivity index (χ2n) is 8.03. The summed E-state index contributed by atoms with van der Waals surface area (Å²) in [7, 11) is 0. The maximum absolute atomic E-state index is 13.1. The molecule has 0 spiro atoms. The number of carbonyl (C=O) groups is 1. The maximum atomic E-state index is 13.1. The minimum Gasteiger partial charge on any atom is -0.491 e. The fourth-order valence-corrected chi connectivity index (χ4v) is 4.95. The number of fused-ring (bicyclic) bond motifs is 2. The molecule has 7 heteroatoms. The molecule has 2 aromatic heterocycles. The Kier molecular flexibility index (Phi) is 5.90. The van der Waals surface area contributed by atoms with Crippen LogP contribution in [0.15, 0.2) is 29.1 Å². The van der Waals surface area contributed by atoms with Gasteiger partial charge >= 0.3 is 0 Å². The molecule has 1 N–H and O–H groups in total. The third-order valence-corrected chi connectivity index (χ3v) is 6.55. The Bertz CT molecular complexity index is 1130. The van der Waals surface area contributed by atoms with Crippen molar-refractivity contribution in [3.63, 3.8) is 0 Å². The number of carbonyl (C=O) groups excluding carboxylic acids is 1. The van der Waals surface area contributed by atoms with Crippen molar-refractivity contribution in [1.29, 1.82) is 0 Å². The number of benzene rings is 1. The van der Waals surface area contributed by atoms with Gasteiger partial charge in [-0.25, -0.2) is 4.98 Å². The molecule has 0 bridgehead atoms. The van der Waals surface area contributed by atoms with Crippen LogP contribution < -0.4 is 15.6 Å². The summed E-state index contributed by atoms with van der Waals surface area (Å²) in [5.74, 6) is 1.49. The molecule has 3 heterocycles. The van der Waals surface area contributed by atoms with E-state index in [1.165, 1.54) is 11.3 Å². The van der Waals surface area contributed by atoms with E-state index < -0.39 is 0 Å². The summed E-state index contributed by atoms with van der Waals surface area (Å²) in [4.78, 5) is 31.9. The summed E-state index contributed by atoms with van der Waals surface area (Å²) >= 11 is 1.31. The van der Waals surface area contributed by atoms with E-state index in [2.05, 4.69) is 5.32 Å². The minimum atomic E-state index is -0.169. The molecule has 0 fully saturated rings. The molecular weight excluding hydrogens is 398 g/mol. The normalized spacial score (nSPS) is 13.9. The van der Waals surface area contributed by atoms with Crippen molar-refractivity contribution in [2.45, 2.75) is 65.6 Å². The lowest BCUT2D eigenvalue weighted by Gasteiger charge is -2.10. The molecular formula is C23H27N3O3S. The molecule has 1 aromatic carbocycles. The smallest absolute Gasteiger partial charge is 0.262 e. The van der Waals surface area contributed by atoms with E-state index in [1.54, 1.807) is 4.57 Å². The largest absolute Gasteiger partial charge is 0.491 e. The number of nitrogens with zero attached hydrogens (tertiary/aromatic N) is 2. The van der Waals surface area contributed by atoms with Gasteiger partial charge in [-0.3, -0.25) is 14.2 Å². The number of thiophene rings is 1. The predicted octanol–water partition coefficient (Wildman–Crippen LogP) is 4.21. The molecule has 0 radical (unpaired) electrons. The van der Waals surface area contributed by atoms with Crippen LogP contribution in [0, 0.1) is 6.92 Å². The summed E-state index contributed by atoms with van der Waals surface area (Å²) in [6, 6.07) is 7.70. The van der Waals surface area contributed by atoms with Gasteiger partial charge in [0.2, 0.25) is 0 Å². The lowest BCUT2D eigenvalue weighted by molar-refractivity contribution is 0.0954.